The number of carbonyl (C=O) groups excluding carboxylic acids is 2. The molecular weight excluding hydrogens is 416 g/mol. The molecule has 1 saturated carbocycles. The van der Waals surface area contributed by atoms with Crippen molar-refractivity contribution in [2.75, 3.05) is 12.4 Å². The minimum Gasteiger partial charge on any atom is -0.497 e. The van der Waals surface area contributed by atoms with Crippen LogP contribution in [0.1, 0.15) is 59.9 Å². The van der Waals surface area contributed by atoms with Crippen molar-refractivity contribution in [2.24, 2.45) is 13.0 Å². The summed E-state index contributed by atoms with van der Waals surface area (Å²) in [6, 6.07) is 14.2. The highest BCUT2D eigenvalue weighted by Crippen LogP contribution is 2.26. The zero-order valence-corrected chi connectivity index (χ0v) is 19.1. The van der Waals surface area contributed by atoms with Crippen LogP contribution in [0.25, 0.3) is 0 Å². The van der Waals surface area contributed by atoms with E-state index < -0.39 is 6.04 Å². The molecule has 2 amide bonds. The monoisotopic (exact) mass is 446 g/mol. The van der Waals surface area contributed by atoms with Gasteiger partial charge in [-0.25, -0.2) is 4.98 Å². The van der Waals surface area contributed by atoms with Gasteiger partial charge in [0.15, 0.2) is 0 Å². The predicted octanol–water partition coefficient (Wildman–Crippen LogP) is 4.47. The summed E-state index contributed by atoms with van der Waals surface area (Å²) in [5.74, 6) is 1.25. The van der Waals surface area contributed by atoms with Gasteiger partial charge in [-0.15, -0.1) is 0 Å². The van der Waals surface area contributed by atoms with Crippen molar-refractivity contribution >= 4 is 17.5 Å². The number of nitrogens with one attached hydrogen (secondary N) is 2. The van der Waals surface area contributed by atoms with Gasteiger partial charge in [0.2, 0.25) is 5.91 Å². The Bertz CT molecular complexity index is 1120. The number of aromatic nitrogens is 2. The maximum absolute atomic E-state index is 13.2. The number of hydrogen-bond acceptors (Lipinski definition) is 4. The van der Waals surface area contributed by atoms with Crippen LogP contribution in [0.4, 0.5) is 5.69 Å². The van der Waals surface area contributed by atoms with Crippen LogP contribution < -0.4 is 15.4 Å². The van der Waals surface area contributed by atoms with Crippen molar-refractivity contribution in [3.05, 3.63) is 77.9 Å². The molecule has 7 heteroatoms. The van der Waals surface area contributed by atoms with Crippen molar-refractivity contribution in [3.63, 3.8) is 0 Å². The summed E-state index contributed by atoms with van der Waals surface area (Å²) in [5.41, 5.74) is 1.96. The standard InChI is InChI=1S/C26H30N4O3/c1-30-15-14-27-24(30)23(19-10-7-13-22(17-19)33-2)29-26(32)20-11-6-12-21(16-20)28-25(31)18-8-4-3-5-9-18/h6-7,10-18,23H,3-5,8-9H2,1-2H3,(H,28,31)(H,29,32). The van der Waals surface area contributed by atoms with Crippen LogP contribution in [-0.4, -0.2) is 28.5 Å². The predicted molar refractivity (Wildman–Crippen MR) is 127 cm³/mol. The normalized spacial score (nSPS) is 15.0. The van der Waals surface area contributed by atoms with E-state index >= 15 is 0 Å². The Hall–Kier alpha value is -3.61. The topological polar surface area (TPSA) is 85.2 Å². The first-order chi connectivity index (χ1) is 16.0. The van der Waals surface area contributed by atoms with Gasteiger partial charge in [-0.2, -0.15) is 0 Å². The number of imidazole rings is 1. The van der Waals surface area contributed by atoms with Gasteiger partial charge in [0.05, 0.1) is 7.11 Å². The summed E-state index contributed by atoms with van der Waals surface area (Å²) >= 11 is 0. The number of nitrogens with zero attached hydrogens (tertiary/aromatic N) is 2. The van der Waals surface area contributed by atoms with E-state index in [2.05, 4.69) is 15.6 Å². The van der Waals surface area contributed by atoms with Crippen LogP contribution in [0.5, 0.6) is 5.75 Å². The number of aryl methyl sites for hydroxylation is 1. The van der Waals surface area contributed by atoms with E-state index in [-0.39, 0.29) is 17.7 Å². The van der Waals surface area contributed by atoms with Gasteiger partial charge in [-0.05, 0) is 48.7 Å². The fraction of sp³-hybridized carbons (Fsp3) is 0.346. The smallest absolute Gasteiger partial charge is 0.252 e. The summed E-state index contributed by atoms with van der Waals surface area (Å²) in [4.78, 5) is 30.3. The number of carbonyl (C=O) groups is 2. The Morgan fingerprint density at radius 1 is 1.09 bits per heavy atom. The second-order valence-electron chi connectivity index (χ2n) is 8.48. The lowest BCUT2D eigenvalue weighted by Gasteiger charge is -2.21. The van der Waals surface area contributed by atoms with Crippen LogP contribution >= 0.6 is 0 Å². The van der Waals surface area contributed by atoms with Crippen LogP contribution in [0.3, 0.4) is 0 Å². The fourth-order valence-electron chi connectivity index (χ4n) is 4.34. The van der Waals surface area contributed by atoms with E-state index in [0.29, 0.717) is 22.8 Å². The van der Waals surface area contributed by atoms with Crippen LogP contribution in [0.15, 0.2) is 60.9 Å². The lowest BCUT2D eigenvalue weighted by atomic mass is 9.88. The lowest BCUT2D eigenvalue weighted by molar-refractivity contribution is -0.120. The summed E-state index contributed by atoms with van der Waals surface area (Å²) in [6.45, 7) is 0. The Morgan fingerprint density at radius 3 is 2.61 bits per heavy atom. The number of rotatable bonds is 7. The molecule has 2 N–H and O–H groups in total. The summed E-state index contributed by atoms with van der Waals surface area (Å²) in [6.07, 6.45) is 8.80. The van der Waals surface area contributed by atoms with Crippen LogP contribution in [-0.2, 0) is 11.8 Å². The zero-order valence-electron chi connectivity index (χ0n) is 19.1. The molecule has 3 aromatic rings. The first-order valence-electron chi connectivity index (χ1n) is 11.4. The third-order valence-corrected chi connectivity index (χ3v) is 6.19. The minimum absolute atomic E-state index is 0.0366. The highest BCUT2D eigenvalue weighted by molar-refractivity contribution is 5.98. The highest BCUT2D eigenvalue weighted by Gasteiger charge is 2.23. The van der Waals surface area contributed by atoms with E-state index in [1.807, 2.05) is 48.1 Å². The average molecular weight is 447 g/mol. The number of anilines is 1. The summed E-state index contributed by atoms with van der Waals surface area (Å²) in [7, 11) is 3.50. The molecule has 1 unspecified atom stereocenters. The summed E-state index contributed by atoms with van der Waals surface area (Å²) in [5, 5.41) is 6.09. The van der Waals surface area contributed by atoms with Gasteiger partial charge < -0.3 is 19.9 Å². The van der Waals surface area contributed by atoms with Crippen molar-refractivity contribution in [1.29, 1.82) is 0 Å². The van der Waals surface area contributed by atoms with E-state index in [4.69, 9.17) is 4.74 Å². The van der Waals surface area contributed by atoms with Crippen molar-refractivity contribution in [3.8, 4) is 5.75 Å². The van der Waals surface area contributed by atoms with Gasteiger partial charge in [0, 0.05) is 36.6 Å². The molecule has 172 valence electrons. The van der Waals surface area contributed by atoms with Gasteiger partial charge in [0.25, 0.3) is 5.91 Å². The molecular formula is C26H30N4O3. The zero-order chi connectivity index (χ0) is 23.2. The third kappa shape index (κ3) is 5.42. The largest absolute Gasteiger partial charge is 0.497 e. The SMILES string of the molecule is COc1cccc(C(NC(=O)c2cccc(NC(=O)C3CCCCC3)c2)c2nccn2C)c1. The maximum atomic E-state index is 13.2. The van der Waals surface area contributed by atoms with Crippen molar-refractivity contribution in [2.45, 2.75) is 38.1 Å². The maximum Gasteiger partial charge on any atom is 0.252 e. The summed E-state index contributed by atoms with van der Waals surface area (Å²) < 4.78 is 7.24. The molecule has 1 aliphatic rings. The number of methoxy groups -OCH3 is 1. The molecule has 1 fully saturated rings. The molecule has 0 bridgehead atoms. The Morgan fingerprint density at radius 2 is 1.88 bits per heavy atom. The molecule has 4 rings (SSSR count). The molecule has 0 radical (unpaired) electrons. The molecule has 1 aromatic heterocycles. The fourth-order valence-corrected chi connectivity index (χ4v) is 4.34. The lowest BCUT2D eigenvalue weighted by Crippen LogP contribution is -2.31. The van der Waals surface area contributed by atoms with Crippen LogP contribution in [0.2, 0.25) is 0 Å². The third-order valence-electron chi connectivity index (χ3n) is 6.19. The quantitative estimate of drug-likeness (QED) is 0.561. The highest BCUT2D eigenvalue weighted by atomic mass is 16.5. The molecule has 1 atom stereocenters. The van der Waals surface area contributed by atoms with E-state index in [9.17, 15) is 9.59 Å². The Balaban J connectivity index is 1.54. The Labute approximate surface area is 194 Å². The molecule has 0 aliphatic heterocycles. The molecule has 1 aliphatic carbocycles. The van der Waals surface area contributed by atoms with Gasteiger partial charge in [-0.3, -0.25) is 9.59 Å². The second kappa shape index (κ2) is 10.3. The van der Waals surface area contributed by atoms with E-state index in [1.54, 1.807) is 31.5 Å². The van der Waals surface area contributed by atoms with Gasteiger partial charge >= 0.3 is 0 Å². The first kappa shape index (κ1) is 22.6. The number of benzene rings is 2. The minimum atomic E-state index is -0.465. The number of hydrogen-bond donors (Lipinski definition) is 2. The molecule has 2 aromatic carbocycles. The first-order valence-corrected chi connectivity index (χ1v) is 11.4. The van der Waals surface area contributed by atoms with Gasteiger partial charge in [-0.1, -0.05) is 37.5 Å². The number of ether oxygens (including phenoxy) is 1. The molecule has 1 heterocycles. The van der Waals surface area contributed by atoms with E-state index in [0.717, 1.165) is 31.2 Å². The van der Waals surface area contributed by atoms with Crippen molar-refractivity contribution < 1.29 is 14.3 Å². The molecule has 0 spiro atoms. The van der Waals surface area contributed by atoms with Gasteiger partial charge in [0.1, 0.15) is 17.6 Å². The second-order valence-corrected chi connectivity index (χ2v) is 8.48. The Kier molecular flexibility index (Phi) is 7.07. The van der Waals surface area contributed by atoms with Crippen LogP contribution in [0, 0.1) is 5.92 Å². The molecule has 33 heavy (non-hydrogen) atoms. The average Bonchev–Trinajstić information content (AvgIpc) is 3.28. The molecule has 0 saturated heterocycles. The van der Waals surface area contributed by atoms with Crippen molar-refractivity contribution in [1.82, 2.24) is 14.9 Å². The number of amides is 2. The van der Waals surface area contributed by atoms with E-state index in [1.165, 1.54) is 6.42 Å². The molecule has 7 nitrogen and oxygen atoms in total.